The van der Waals surface area contributed by atoms with E-state index >= 15 is 0 Å². The number of halogens is 2. The van der Waals surface area contributed by atoms with E-state index in [2.05, 4.69) is 35.6 Å². The second-order valence-corrected chi connectivity index (χ2v) is 8.76. The highest BCUT2D eigenvalue weighted by Crippen LogP contribution is 2.35. The van der Waals surface area contributed by atoms with Crippen molar-refractivity contribution in [1.29, 1.82) is 0 Å². The molecule has 0 bridgehead atoms. The lowest BCUT2D eigenvalue weighted by Gasteiger charge is -2.35. The summed E-state index contributed by atoms with van der Waals surface area (Å²) in [6, 6.07) is 7.81. The normalized spacial score (nSPS) is 17.9. The molecule has 4 aromatic rings. The van der Waals surface area contributed by atoms with Crippen LogP contribution < -0.4 is 10.2 Å². The summed E-state index contributed by atoms with van der Waals surface area (Å²) in [5.74, 6) is 0.138. The largest absolute Gasteiger partial charge is 0.507 e. The number of phenolic OH excluding ortho intramolecular Hbond substituents is 1. The summed E-state index contributed by atoms with van der Waals surface area (Å²) in [5.41, 5.74) is 3.59. The average molecular weight is 510 g/mol. The topological polar surface area (TPSA) is 123 Å². The van der Waals surface area contributed by atoms with E-state index in [1.807, 2.05) is 25.2 Å². The van der Waals surface area contributed by atoms with Gasteiger partial charge in [-0.1, -0.05) is 17.4 Å². The number of aromatic nitrogens is 5. The number of benzene rings is 1. The number of piperidine rings is 1. The van der Waals surface area contributed by atoms with Crippen LogP contribution in [0.4, 0.5) is 5.13 Å². The molecule has 1 saturated heterocycles. The molecule has 0 spiro atoms. The van der Waals surface area contributed by atoms with Crippen LogP contribution >= 0.6 is 36.2 Å². The number of aliphatic hydroxyl groups is 1. The van der Waals surface area contributed by atoms with Crippen molar-refractivity contribution in [1.82, 2.24) is 30.7 Å². The van der Waals surface area contributed by atoms with Gasteiger partial charge in [0.1, 0.15) is 5.75 Å². The van der Waals surface area contributed by atoms with Crippen molar-refractivity contribution in [3.8, 4) is 28.1 Å². The maximum atomic E-state index is 10.6. The number of aromatic amines is 1. The average Bonchev–Trinajstić information content (AvgIpc) is 3.48. The third-order valence-electron chi connectivity index (χ3n) is 5.79. The zero-order valence-electron chi connectivity index (χ0n) is 17.8. The highest BCUT2D eigenvalue weighted by Gasteiger charge is 2.26. The molecule has 176 valence electrons. The number of aliphatic hydroxyl groups excluding tert-OH is 1. The molecule has 0 unspecified atom stereocenters. The number of nitrogens with zero attached hydrogens (tertiary/aromatic N) is 5. The molecular formula is C21H25Cl2N7O2S. The van der Waals surface area contributed by atoms with Crippen LogP contribution in [-0.4, -0.2) is 67.9 Å². The Morgan fingerprint density at radius 2 is 2.03 bits per heavy atom. The van der Waals surface area contributed by atoms with Crippen molar-refractivity contribution < 1.29 is 10.2 Å². The zero-order chi connectivity index (χ0) is 21.4. The lowest BCUT2D eigenvalue weighted by molar-refractivity contribution is 0.209. The van der Waals surface area contributed by atoms with Gasteiger partial charge in [0.2, 0.25) is 0 Å². The molecule has 1 aliphatic rings. The van der Waals surface area contributed by atoms with Crippen LogP contribution in [0.5, 0.6) is 5.75 Å². The van der Waals surface area contributed by atoms with E-state index in [1.54, 1.807) is 29.8 Å². The van der Waals surface area contributed by atoms with E-state index in [-0.39, 0.29) is 43.2 Å². The number of hydrogen-bond donors (Lipinski definition) is 4. The Hall–Kier alpha value is -2.50. The lowest BCUT2D eigenvalue weighted by atomic mass is 9.99. The molecule has 9 nitrogen and oxygen atoms in total. The lowest BCUT2D eigenvalue weighted by Crippen LogP contribution is -2.48. The summed E-state index contributed by atoms with van der Waals surface area (Å²) in [7, 11) is 2.04. The van der Waals surface area contributed by atoms with Crippen LogP contribution in [0.3, 0.4) is 0 Å². The Morgan fingerprint density at radius 3 is 2.76 bits per heavy atom. The van der Waals surface area contributed by atoms with Crippen molar-refractivity contribution in [3.05, 3.63) is 36.7 Å². The summed E-state index contributed by atoms with van der Waals surface area (Å²) in [6.45, 7) is 1.02. The predicted molar refractivity (Wildman–Crippen MR) is 135 cm³/mol. The number of thiazole rings is 1. The summed E-state index contributed by atoms with van der Waals surface area (Å²) < 4.78 is 0.915. The molecule has 5 rings (SSSR count). The minimum absolute atomic E-state index is 0. The van der Waals surface area contributed by atoms with Crippen LogP contribution in [-0.2, 0) is 0 Å². The van der Waals surface area contributed by atoms with Crippen molar-refractivity contribution >= 4 is 51.6 Å². The van der Waals surface area contributed by atoms with Gasteiger partial charge in [0.15, 0.2) is 10.8 Å². The fraction of sp³-hybridized carbons (Fsp3) is 0.333. The first kappa shape index (κ1) is 25.1. The monoisotopic (exact) mass is 509 g/mol. The van der Waals surface area contributed by atoms with Crippen molar-refractivity contribution in [2.24, 2.45) is 0 Å². The molecule has 12 heteroatoms. The highest BCUT2D eigenvalue weighted by atomic mass is 35.5. The van der Waals surface area contributed by atoms with Crippen LogP contribution in [0.2, 0.25) is 0 Å². The van der Waals surface area contributed by atoms with Crippen molar-refractivity contribution in [3.63, 3.8) is 0 Å². The Balaban J connectivity index is 0.00000153. The molecule has 0 radical (unpaired) electrons. The fourth-order valence-corrected chi connectivity index (χ4v) is 4.95. The number of fused-ring (bicyclic) bond motifs is 1. The minimum Gasteiger partial charge on any atom is -0.507 e. The predicted octanol–water partition coefficient (Wildman–Crippen LogP) is 3.24. The second-order valence-electron chi connectivity index (χ2n) is 7.76. The van der Waals surface area contributed by atoms with Crippen LogP contribution in [0, 0.1) is 0 Å². The Morgan fingerprint density at radius 1 is 1.18 bits per heavy atom. The summed E-state index contributed by atoms with van der Waals surface area (Å²) in [4.78, 5) is 6.83. The Labute approximate surface area is 207 Å². The Bertz CT molecular complexity index is 1200. The van der Waals surface area contributed by atoms with Gasteiger partial charge >= 0.3 is 0 Å². The van der Waals surface area contributed by atoms with Crippen LogP contribution in [0.15, 0.2) is 36.7 Å². The standard InChI is InChI=1S/C21H23N7O2S.2ClH/c1-28(15-4-5-22-14(7-15)11-29)21-25-20-19(31-21)8-17(26-27-20)16-3-2-12(6-18(16)30)13-9-23-24-10-13;;/h2-3,6,8-10,14-15,22,29-30H,4-5,7,11H2,1H3,(H,23,24);2*1H/t14-,15-;;/m0../s1. The first-order chi connectivity index (χ1) is 15.1. The fourth-order valence-electron chi connectivity index (χ4n) is 3.98. The number of nitrogens with one attached hydrogen (secondary N) is 2. The number of hydrogen-bond acceptors (Lipinski definition) is 9. The molecule has 33 heavy (non-hydrogen) atoms. The van der Waals surface area contributed by atoms with Gasteiger partial charge in [-0.05, 0) is 43.1 Å². The minimum atomic E-state index is 0. The number of aromatic hydroxyl groups is 1. The summed E-state index contributed by atoms with van der Waals surface area (Å²) >= 11 is 1.56. The molecule has 0 saturated carbocycles. The SMILES string of the molecule is CN(c1nc2nnc(-c3ccc(-c4cn[nH]c4)cc3O)cc2s1)[C@H]1CCN[C@H](CO)C1.Cl.Cl. The van der Waals surface area contributed by atoms with Crippen LogP contribution in [0.25, 0.3) is 32.7 Å². The van der Waals surface area contributed by atoms with Crippen molar-refractivity contribution in [2.45, 2.75) is 24.9 Å². The van der Waals surface area contributed by atoms with Gasteiger partial charge in [0, 0.05) is 36.5 Å². The molecule has 1 aromatic carbocycles. The van der Waals surface area contributed by atoms with Gasteiger partial charge in [-0.2, -0.15) is 10.1 Å². The van der Waals surface area contributed by atoms with Gasteiger partial charge < -0.3 is 20.4 Å². The maximum Gasteiger partial charge on any atom is 0.194 e. The molecular weight excluding hydrogens is 485 g/mol. The number of anilines is 1. The van der Waals surface area contributed by atoms with Gasteiger partial charge in [-0.15, -0.1) is 35.0 Å². The molecule has 1 aliphatic heterocycles. The molecule has 4 heterocycles. The zero-order valence-corrected chi connectivity index (χ0v) is 20.3. The second kappa shape index (κ2) is 10.6. The van der Waals surface area contributed by atoms with E-state index in [9.17, 15) is 10.2 Å². The smallest absolute Gasteiger partial charge is 0.194 e. The van der Waals surface area contributed by atoms with Gasteiger partial charge in [-0.25, -0.2) is 0 Å². The first-order valence-corrected chi connectivity index (χ1v) is 11.0. The van der Waals surface area contributed by atoms with Gasteiger partial charge in [0.25, 0.3) is 0 Å². The third-order valence-corrected chi connectivity index (χ3v) is 6.87. The van der Waals surface area contributed by atoms with Gasteiger partial charge in [0.05, 0.1) is 23.2 Å². The van der Waals surface area contributed by atoms with E-state index < -0.39 is 0 Å². The molecule has 0 aliphatic carbocycles. The number of phenols is 1. The Kier molecular flexibility index (Phi) is 8.09. The number of rotatable bonds is 5. The van der Waals surface area contributed by atoms with Gasteiger partial charge in [-0.3, -0.25) is 5.10 Å². The molecule has 0 amide bonds. The summed E-state index contributed by atoms with van der Waals surface area (Å²) in [6.07, 6.45) is 5.36. The van der Waals surface area contributed by atoms with E-state index in [4.69, 9.17) is 0 Å². The third kappa shape index (κ3) is 5.04. The molecule has 3 aromatic heterocycles. The molecule has 1 fully saturated rings. The molecule has 4 N–H and O–H groups in total. The highest BCUT2D eigenvalue weighted by molar-refractivity contribution is 7.22. The van der Waals surface area contributed by atoms with Crippen LogP contribution in [0.1, 0.15) is 12.8 Å². The summed E-state index contributed by atoms with van der Waals surface area (Å²) in [5, 5.41) is 39.6. The van der Waals surface area contributed by atoms with E-state index in [1.165, 1.54) is 0 Å². The number of H-pyrrole nitrogens is 1. The van der Waals surface area contributed by atoms with Crippen molar-refractivity contribution in [2.75, 3.05) is 25.1 Å². The maximum absolute atomic E-state index is 10.6. The van der Waals surface area contributed by atoms with E-state index in [0.29, 0.717) is 22.9 Å². The first-order valence-electron chi connectivity index (χ1n) is 10.2. The quantitative estimate of drug-likeness (QED) is 0.323. The molecule has 2 atom stereocenters. The van der Waals surface area contributed by atoms with E-state index in [0.717, 1.165) is 40.3 Å².